The maximum absolute atomic E-state index is 10.7. The second-order valence-electron chi connectivity index (χ2n) is 4.31. The molecular weight excluding hydrogens is 298 g/mol. The molecule has 0 bridgehead atoms. The van der Waals surface area contributed by atoms with Crippen LogP contribution in [-0.2, 0) is 4.79 Å². The first-order valence-electron chi connectivity index (χ1n) is 6.00. The van der Waals surface area contributed by atoms with Gasteiger partial charge in [0.2, 0.25) is 0 Å². The lowest BCUT2D eigenvalue weighted by atomic mass is 10.1. The van der Waals surface area contributed by atoms with E-state index in [1.54, 1.807) is 0 Å². The molecule has 1 unspecified atom stereocenters. The molecule has 7 heteroatoms. The number of aliphatic carboxylic acids is 1. The number of hydrogen-bond acceptors (Lipinski definition) is 4. The van der Waals surface area contributed by atoms with E-state index >= 15 is 0 Å². The molecule has 0 aliphatic heterocycles. The Bertz CT molecular complexity index is 630. The molecule has 0 radical (unpaired) electrons. The highest BCUT2D eigenvalue weighted by atomic mass is 35.5. The van der Waals surface area contributed by atoms with Gasteiger partial charge in [-0.2, -0.15) is 0 Å². The summed E-state index contributed by atoms with van der Waals surface area (Å²) in [6, 6.07) is 7.55. The Morgan fingerprint density at radius 2 is 2.25 bits per heavy atom. The molecule has 0 saturated heterocycles. The Morgan fingerprint density at radius 3 is 2.90 bits per heavy atom. The van der Waals surface area contributed by atoms with E-state index in [9.17, 15) is 4.79 Å². The standard InChI is InChI=1S/C13H14ClN3O2S/c1-8(10-4-3-5-11(14)6-10)17-9(2)15-16-13(17)20-7-12(18)19/h3-6,8H,7H2,1-2H3,(H,18,19). The zero-order valence-corrected chi connectivity index (χ0v) is 12.6. The SMILES string of the molecule is Cc1nnc(SCC(=O)O)n1C(C)c1cccc(Cl)c1. The highest BCUT2D eigenvalue weighted by Crippen LogP contribution is 2.27. The topological polar surface area (TPSA) is 68.0 Å². The van der Waals surface area contributed by atoms with Crippen molar-refractivity contribution in [2.45, 2.75) is 25.0 Å². The van der Waals surface area contributed by atoms with Crippen molar-refractivity contribution >= 4 is 29.3 Å². The third-order valence-corrected chi connectivity index (χ3v) is 4.04. The predicted octanol–water partition coefficient (Wildman–Crippen LogP) is 3.03. The van der Waals surface area contributed by atoms with Crippen molar-refractivity contribution in [3.63, 3.8) is 0 Å². The number of thioether (sulfide) groups is 1. The van der Waals surface area contributed by atoms with Crippen molar-refractivity contribution in [1.29, 1.82) is 0 Å². The first-order valence-corrected chi connectivity index (χ1v) is 7.37. The fourth-order valence-corrected chi connectivity index (χ4v) is 2.92. The molecule has 1 heterocycles. The number of aromatic nitrogens is 3. The number of hydrogen-bond donors (Lipinski definition) is 1. The van der Waals surface area contributed by atoms with Crippen LogP contribution in [0, 0.1) is 6.92 Å². The monoisotopic (exact) mass is 311 g/mol. The summed E-state index contributed by atoms with van der Waals surface area (Å²) in [5.74, 6) is -0.177. The van der Waals surface area contributed by atoms with E-state index in [-0.39, 0.29) is 11.8 Å². The number of benzene rings is 1. The molecule has 0 saturated carbocycles. The zero-order chi connectivity index (χ0) is 14.7. The lowest BCUT2D eigenvalue weighted by Crippen LogP contribution is -2.11. The summed E-state index contributed by atoms with van der Waals surface area (Å²) in [5, 5.41) is 18.1. The van der Waals surface area contributed by atoms with E-state index in [1.807, 2.05) is 42.7 Å². The van der Waals surface area contributed by atoms with Crippen LogP contribution in [0.4, 0.5) is 0 Å². The third kappa shape index (κ3) is 3.32. The molecule has 1 atom stereocenters. The van der Waals surface area contributed by atoms with Crippen LogP contribution in [0.1, 0.15) is 24.4 Å². The number of nitrogens with zero attached hydrogens (tertiary/aromatic N) is 3. The maximum atomic E-state index is 10.7. The molecule has 1 aromatic carbocycles. The van der Waals surface area contributed by atoms with Gasteiger partial charge in [0.05, 0.1) is 11.8 Å². The minimum absolute atomic E-state index is 0.0139. The minimum atomic E-state index is -0.877. The van der Waals surface area contributed by atoms with Gasteiger partial charge in [0.15, 0.2) is 5.16 Å². The van der Waals surface area contributed by atoms with Crippen molar-refractivity contribution in [1.82, 2.24) is 14.8 Å². The Morgan fingerprint density at radius 1 is 1.50 bits per heavy atom. The molecule has 1 N–H and O–H groups in total. The maximum Gasteiger partial charge on any atom is 0.313 e. The second-order valence-corrected chi connectivity index (χ2v) is 5.69. The smallest absolute Gasteiger partial charge is 0.313 e. The first-order chi connectivity index (χ1) is 9.49. The van der Waals surface area contributed by atoms with Gasteiger partial charge in [-0.1, -0.05) is 35.5 Å². The number of halogens is 1. The highest BCUT2D eigenvalue weighted by molar-refractivity contribution is 7.99. The summed E-state index contributed by atoms with van der Waals surface area (Å²) >= 11 is 7.17. The largest absolute Gasteiger partial charge is 0.481 e. The van der Waals surface area contributed by atoms with E-state index in [1.165, 1.54) is 0 Å². The van der Waals surface area contributed by atoms with Crippen LogP contribution in [0.2, 0.25) is 5.02 Å². The van der Waals surface area contributed by atoms with Gasteiger partial charge < -0.3 is 5.11 Å². The lowest BCUT2D eigenvalue weighted by molar-refractivity contribution is -0.133. The molecular formula is C13H14ClN3O2S. The van der Waals surface area contributed by atoms with Crippen molar-refractivity contribution < 1.29 is 9.90 Å². The van der Waals surface area contributed by atoms with Crippen molar-refractivity contribution in [2.75, 3.05) is 5.75 Å². The quantitative estimate of drug-likeness (QED) is 0.860. The Hall–Kier alpha value is -1.53. The molecule has 20 heavy (non-hydrogen) atoms. The lowest BCUT2D eigenvalue weighted by Gasteiger charge is -2.17. The van der Waals surface area contributed by atoms with Crippen molar-refractivity contribution in [3.8, 4) is 0 Å². The second kappa shape index (κ2) is 6.28. The number of aryl methyl sites for hydroxylation is 1. The van der Waals surface area contributed by atoms with E-state index < -0.39 is 5.97 Å². The van der Waals surface area contributed by atoms with Crippen LogP contribution in [0.25, 0.3) is 0 Å². The fraction of sp³-hybridized carbons (Fsp3) is 0.308. The third-order valence-electron chi connectivity index (χ3n) is 2.88. The van der Waals surface area contributed by atoms with Crippen LogP contribution < -0.4 is 0 Å². The zero-order valence-electron chi connectivity index (χ0n) is 11.1. The molecule has 2 rings (SSSR count). The van der Waals surface area contributed by atoms with Crippen LogP contribution in [0.5, 0.6) is 0 Å². The van der Waals surface area contributed by atoms with E-state index in [4.69, 9.17) is 16.7 Å². The summed E-state index contributed by atoms with van der Waals surface area (Å²) in [7, 11) is 0. The van der Waals surface area contributed by atoms with Gasteiger partial charge in [-0.3, -0.25) is 9.36 Å². The van der Waals surface area contributed by atoms with E-state index in [0.717, 1.165) is 23.1 Å². The molecule has 0 aliphatic carbocycles. The summed E-state index contributed by atoms with van der Waals surface area (Å²) < 4.78 is 1.92. The number of carboxylic acid groups (broad SMARTS) is 1. The average Bonchev–Trinajstić information content (AvgIpc) is 2.76. The van der Waals surface area contributed by atoms with Crippen molar-refractivity contribution in [3.05, 3.63) is 40.7 Å². The fourth-order valence-electron chi connectivity index (χ4n) is 1.94. The summed E-state index contributed by atoms with van der Waals surface area (Å²) in [6.45, 7) is 3.85. The molecule has 106 valence electrons. The summed E-state index contributed by atoms with van der Waals surface area (Å²) in [5.41, 5.74) is 1.03. The average molecular weight is 312 g/mol. The van der Waals surface area contributed by atoms with Gasteiger partial charge in [0.1, 0.15) is 5.82 Å². The molecule has 0 fully saturated rings. The van der Waals surface area contributed by atoms with Gasteiger partial charge in [-0.25, -0.2) is 0 Å². The summed E-state index contributed by atoms with van der Waals surface area (Å²) in [4.78, 5) is 10.7. The molecule has 2 aromatic rings. The number of carbonyl (C=O) groups is 1. The number of rotatable bonds is 5. The molecule has 0 aliphatic rings. The van der Waals surface area contributed by atoms with Crippen LogP contribution in [0.15, 0.2) is 29.4 Å². The molecule has 5 nitrogen and oxygen atoms in total. The van der Waals surface area contributed by atoms with E-state index in [2.05, 4.69) is 10.2 Å². The molecule has 1 aromatic heterocycles. The first kappa shape index (κ1) is 14.9. The Labute approximate surface area is 126 Å². The normalized spacial score (nSPS) is 12.3. The predicted molar refractivity (Wildman–Crippen MR) is 78.4 cm³/mol. The van der Waals surface area contributed by atoms with Gasteiger partial charge in [0, 0.05) is 5.02 Å². The van der Waals surface area contributed by atoms with E-state index in [0.29, 0.717) is 10.2 Å². The van der Waals surface area contributed by atoms with Crippen LogP contribution in [0.3, 0.4) is 0 Å². The minimum Gasteiger partial charge on any atom is -0.481 e. The molecule has 0 amide bonds. The van der Waals surface area contributed by atoms with Crippen molar-refractivity contribution in [2.24, 2.45) is 0 Å². The van der Waals surface area contributed by atoms with Crippen LogP contribution >= 0.6 is 23.4 Å². The van der Waals surface area contributed by atoms with Gasteiger partial charge in [-0.15, -0.1) is 10.2 Å². The van der Waals surface area contributed by atoms with Gasteiger partial charge >= 0.3 is 5.97 Å². The number of carboxylic acids is 1. The Kier molecular flexibility index (Phi) is 4.67. The molecule has 0 spiro atoms. The Balaban J connectivity index is 2.31. The van der Waals surface area contributed by atoms with Gasteiger partial charge in [-0.05, 0) is 31.5 Å². The summed E-state index contributed by atoms with van der Waals surface area (Å²) in [6.07, 6.45) is 0. The highest BCUT2D eigenvalue weighted by Gasteiger charge is 2.17. The van der Waals surface area contributed by atoms with Crippen LogP contribution in [-0.4, -0.2) is 31.6 Å². The van der Waals surface area contributed by atoms with Gasteiger partial charge in [0.25, 0.3) is 0 Å².